The van der Waals surface area contributed by atoms with Gasteiger partial charge in [-0.2, -0.15) is 0 Å². The quantitative estimate of drug-likeness (QED) is 0.351. The Morgan fingerprint density at radius 1 is 1.04 bits per heavy atom. The van der Waals surface area contributed by atoms with Gasteiger partial charge < -0.3 is 14.8 Å². The number of esters is 2. The molecule has 0 radical (unpaired) electrons. The second-order valence-corrected chi connectivity index (χ2v) is 3.95. The zero-order chi connectivity index (χ0) is 17.6. The van der Waals surface area contributed by atoms with Gasteiger partial charge in [-0.3, -0.25) is 20.2 Å². The van der Waals surface area contributed by atoms with E-state index >= 15 is 0 Å². The lowest BCUT2D eigenvalue weighted by Gasteiger charge is -2.08. The number of carbonyl (C=O) groups excluding carboxylic acids is 2. The topological polar surface area (TPSA) is 151 Å². The number of ether oxygens (including phenoxy) is 2. The van der Waals surface area contributed by atoms with Crippen LogP contribution in [0.5, 0.6) is 0 Å². The van der Waals surface area contributed by atoms with Crippen molar-refractivity contribution in [2.24, 2.45) is 0 Å². The minimum atomic E-state index is -0.968. The molecular formula is C12H11N3O8. The smallest absolute Gasteiger partial charge is 0.354 e. The monoisotopic (exact) mass is 325 g/mol. The number of methoxy groups -OCH3 is 2. The molecule has 1 aromatic carbocycles. The van der Waals surface area contributed by atoms with Crippen molar-refractivity contribution in [3.63, 3.8) is 0 Å². The van der Waals surface area contributed by atoms with E-state index in [2.05, 4.69) is 14.8 Å². The minimum absolute atomic E-state index is 0.147. The largest absolute Gasteiger partial charge is 0.466 e. The Kier molecular flexibility index (Phi) is 5.72. The summed E-state index contributed by atoms with van der Waals surface area (Å²) in [5.74, 6) is -1.86. The molecule has 122 valence electrons. The second-order valence-electron chi connectivity index (χ2n) is 3.95. The Balaban J connectivity index is 3.29. The summed E-state index contributed by atoms with van der Waals surface area (Å²) in [7, 11) is 2.12. The number of nitrogens with one attached hydrogen (secondary N) is 1. The van der Waals surface area contributed by atoms with E-state index in [4.69, 9.17) is 0 Å². The van der Waals surface area contributed by atoms with E-state index in [1.54, 1.807) is 0 Å². The second kappa shape index (κ2) is 7.49. The van der Waals surface area contributed by atoms with Crippen LogP contribution in [-0.4, -0.2) is 36.0 Å². The number of benzene rings is 1. The average Bonchev–Trinajstić information content (AvgIpc) is 2.52. The highest BCUT2D eigenvalue weighted by atomic mass is 16.6. The first-order chi connectivity index (χ1) is 10.8. The number of hydrogen-bond acceptors (Lipinski definition) is 9. The summed E-state index contributed by atoms with van der Waals surface area (Å²) in [6, 6.07) is 2.68. The van der Waals surface area contributed by atoms with Gasteiger partial charge in [0.05, 0.1) is 41.9 Å². The number of hydrogen-bond donors (Lipinski definition) is 1. The normalized spacial score (nSPS) is 10.6. The SMILES string of the molecule is COC(=O)/C=C(/Nc1cc([N+](=O)[O-])cc([N+](=O)[O-])c1)C(=O)OC. The lowest BCUT2D eigenvalue weighted by atomic mass is 10.2. The number of nitrogens with zero attached hydrogens (tertiary/aromatic N) is 2. The highest BCUT2D eigenvalue weighted by Crippen LogP contribution is 2.26. The maximum atomic E-state index is 11.6. The van der Waals surface area contributed by atoms with Crippen molar-refractivity contribution in [3.8, 4) is 0 Å². The molecule has 0 aliphatic heterocycles. The van der Waals surface area contributed by atoms with E-state index in [0.717, 1.165) is 38.5 Å². The summed E-state index contributed by atoms with van der Waals surface area (Å²) >= 11 is 0. The molecular weight excluding hydrogens is 314 g/mol. The molecule has 0 heterocycles. The summed E-state index contributed by atoms with van der Waals surface area (Å²) in [5.41, 5.74) is -1.69. The maximum Gasteiger partial charge on any atom is 0.354 e. The van der Waals surface area contributed by atoms with Crippen LogP contribution in [0.25, 0.3) is 0 Å². The summed E-state index contributed by atoms with van der Waals surface area (Å²) in [6.45, 7) is 0. The number of rotatable bonds is 6. The van der Waals surface area contributed by atoms with Crippen LogP contribution in [0.3, 0.4) is 0 Å². The van der Waals surface area contributed by atoms with Gasteiger partial charge in [0.15, 0.2) is 0 Å². The zero-order valence-corrected chi connectivity index (χ0v) is 12.0. The molecule has 0 aromatic heterocycles. The number of nitro groups is 2. The summed E-state index contributed by atoms with van der Waals surface area (Å²) in [6.07, 6.45) is 0.747. The molecule has 11 nitrogen and oxygen atoms in total. The van der Waals surface area contributed by atoms with Crippen molar-refractivity contribution >= 4 is 29.0 Å². The van der Waals surface area contributed by atoms with E-state index in [-0.39, 0.29) is 5.69 Å². The van der Waals surface area contributed by atoms with Crippen molar-refractivity contribution in [1.29, 1.82) is 0 Å². The predicted octanol–water partition coefficient (Wildman–Crippen LogP) is 1.14. The van der Waals surface area contributed by atoms with Gasteiger partial charge in [-0.05, 0) is 0 Å². The highest BCUT2D eigenvalue weighted by molar-refractivity contribution is 5.98. The van der Waals surface area contributed by atoms with Gasteiger partial charge in [-0.25, -0.2) is 9.59 Å². The van der Waals surface area contributed by atoms with Gasteiger partial charge in [0.1, 0.15) is 5.70 Å². The van der Waals surface area contributed by atoms with Gasteiger partial charge in [0, 0.05) is 12.1 Å². The maximum absolute atomic E-state index is 11.6. The summed E-state index contributed by atoms with van der Waals surface area (Å²) < 4.78 is 8.80. The molecule has 23 heavy (non-hydrogen) atoms. The Bertz CT molecular complexity index is 665. The van der Waals surface area contributed by atoms with Crippen molar-refractivity contribution in [3.05, 3.63) is 50.2 Å². The van der Waals surface area contributed by atoms with Crippen LogP contribution in [0, 0.1) is 20.2 Å². The van der Waals surface area contributed by atoms with Gasteiger partial charge in [-0.15, -0.1) is 0 Å². The lowest BCUT2D eigenvalue weighted by molar-refractivity contribution is -0.394. The Morgan fingerprint density at radius 3 is 1.96 bits per heavy atom. The first-order valence-corrected chi connectivity index (χ1v) is 5.87. The number of carbonyl (C=O) groups is 2. The summed E-state index contributed by atoms with van der Waals surface area (Å²) in [4.78, 5) is 42.7. The minimum Gasteiger partial charge on any atom is -0.466 e. The molecule has 0 atom stereocenters. The molecule has 1 rings (SSSR count). The van der Waals surface area contributed by atoms with Gasteiger partial charge in [0.25, 0.3) is 11.4 Å². The van der Waals surface area contributed by atoms with Crippen LogP contribution < -0.4 is 5.32 Å². The van der Waals surface area contributed by atoms with Crippen LogP contribution in [-0.2, 0) is 19.1 Å². The van der Waals surface area contributed by atoms with E-state index in [1.165, 1.54) is 0 Å². The molecule has 0 amide bonds. The van der Waals surface area contributed by atoms with Gasteiger partial charge in [-0.1, -0.05) is 0 Å². The van der Waals surface area contributed by atoms with Crippen molar-refractivity contribution in [2.75, 3.05) is 19.5 Å². The Hall–Kier alpha value is -3.50. The predicted molar refractivity (Wildman–Crippen MR) is 75.5 cm³/mol. The van der Waals surface area contributed by atoms with Crippen molar-refractivity contribution in [1.82, 2.24) is 0 Å². The molecule has 0 spiro atoms. The third-order valence-electron chi connectivity index (χ3n) is 2.47. The molecule has 0 bridgehead atoms. The van der Waals surface area contributed by atoms with E-state index < -0.39 is 38.9 Å². The first kappa shape index (κ1) is 17.6. The Morgan fingerprint density at radius 2 is 1.57 bits per heavy atom. The van der Waals surface area contributed by atoms with Crippen LogP contribution >= 0.6 is 0 Å². The van der Waals surface area contributed by atoms with E-state index in [1.807, 2.05) is 0 Å². The molecule has 0 aliphatic rings. The number of anilines is 1. The van der Waals surface area contributed by atoms with Crippen molar-refractivity contribution < 1.29 is 28.9 Å². The molecule has 0 fully saturated rings. The fourth-order valence-corrected chi connectivity index (χ4v) is 1.47. The summed E-state index contributed by atoms with van der Waals surface area (Å²) in [5, 5.41) is 24.0. The molecule has 0 unspecified atom stereocenters. The van der Waals surface area contributed by atoms with E-state index in [0.29, 0.717) is 0 Å². The third-order valence-corrected chi connectivity index (χ3v) is 2.47. The van der Waals surface area contributed by atoms with Gasteiger partial charge in [0.2, 0.25) is 0 Å². The van der Waals surface area contributed by atoms with Crippen LogP contribution in [0.4, 0.5) is 17.1 Å². The average molecular weight is 325 g/mol. The fourth-order valence-electron chi connectivity index (χ4n) is 1.47. The Labute approximate surface area is 128 Å². The molecule has 1 aromatic rings. The molecule has 0 saturated heterocycles. The van der Waals surface area contributed by atoms with Gasteiger partial charge >= 0.3 is 11.9 Å². The van der Waals surface area contributed by atoms with Crippen LogP contribution in [0.2, 0.25) is 0 Å². The van der Waals surface area contributed by atoms with Crippen LogP contribution in [0.15, 0.2) is 30.0 Å². The molecule has 11 heteroatoms. The zero-order valence-electron chi connectivity index (χ0n) is 12.0. The third kappa shape index (κ3) is 4.77. The number of non-ortho nitro benzene ring substituents is 2. The lowest BCUT2D eigenvalue weighted by Crippen LogP contribution is -2.15. The molecule has 1 N–H and O–H groups in total. The fraction of sp³-hybridized carbons (Fsp3) is 0.167. The number of nitro benzene ring substituents is 2. The first-order valence-electron chi connectivity index (χ1n) is 5.87. The highest BCUT2D eigenvalue weighted by Gasteiger charge is 2.19. The molecule has 0 aliphatic carbocycles. The van der Waals surface area contributed by atoms with E-state index in [9.17, 15) is 29.8 Å². The molecule has 0 saturated carbocycles. The van der Waals surface area contributed by atoms with Crippen LogP contribution in [0.1, 0.15) is 0 Å². The standard InChI is InChI=1S/C12H11N3O8/c1-22-11(16)6-10(12(17)23-2)13-7-3-8(14(18)19)5-9(4-7)15(20)21/h3-6,13H,1-2H3/b10-6+. The van der Waals surface area contributed by atoms with Crippen molar-refractivity contribution in [2.45, 2.75) is 0 Å².